The quantitative estimate of drug-likeness (QED) is 0.714. The van der Waals surface area contributed by atoms with E-state index in [0.717, 1.165) is 28.3 Å². The minimum Gasteiger partial charge on any atom is -0.496 e. The first-order valence-electron chi connectivity index (χ1n) is 6.08. The lowest BCUT2D eigenvalue weighted by atomic mass is 10.1. The minimum absolute atomic E-state index is 0.679. The summed E-state index contributed by atoms with van der Waals surface area (Å²) in [5.74, 6) is 1.60. The van der Waals surface area contributed by atoms with Crippen molar-refractivity contribution < 1.29 is 4.74 Å². The molecule has 0 aliphatic heterocycles. The van der Waals surface area contributed by atoms with Gasteiger partial charge in [-0.2, -0.15) is 0 Å². The summed E-state index contributed by atoms with van der Waals surface area (Å²) >= 11 is 0. The number of nitrogens with zero attached hydrogens (tertiary/aromatic N) is 2. The molecule has 3 rings (SSSR count). The number of hydrogen-bond acceptors (Lipinski definition) is 3. The molecule has 2 heterocycles. The molecule has 0 bridgehead atoms. The van der Waals surface area contributed by atoms with Crippen LogP contribution in [0.5, 0.6) is 5.75 Å². The van der Waals surface area contributed by atoms with E-state index in [1.807, 2.05) is 43.5 Å². The van der Waals surface area contributed by atoms with E-state index in [1.54, 1.807) is 7.11 Å². The van der Waals surface area contributed by atoms with Crippen molar-refractivity contribution in [3.63, 3.8) is 0 Å². The second-order valence-corrected chi connectivity index (χ2v) is 4.44. The van der Waals surface area contributed by atoms with Crippen LogP contribution < -0.4 is 10.5 Å². The number of pyridine rings is 1. The molecule has 2 aromatic heterocycles. The summed E-state index contributed by atoms with van der Waals surface area (Å²) in [5, 5.41) is 0. The van der Waals surface area contributed by atoms with Gasteiger partial charge < -0.3 is 10.5 Å². The third-order valence-electron chi connectivity index (χ3n) is 3.20. The van der Waals surface area contributed by atoms with Gasteiger partial charge in [-0.05, 0) is 31.2 Å². The number of ether oxygens (including phenoxy) is 1. The highest BCUT2D eigenvalue weighted by atomic mass is 16.5. The maximum absolute atomic E-state index is 5.79. The summed E-state index contributed by atoms with van der Waals surface area (Å²) in [6.07, 6.45) is 2.00. The molecule has 2 N–H and O–H groups in total. The van der Waals surface area contributed by atoms with Crippen LogP contribution in [0.15, 0.2) is 42.6 Å². The van der Waals surface area contributed by atoms with E-state index in [1.165, 1.54) is 0 Å². The van der Waals surface area contributed by atoms with Gasteiger partial charge in [0.2, 0.25) is 0 Å². The average molecular weight is 253 g/mol. The number of benzene rings is 1. The first-order chi connectivity index (χ1) is 9.20. The van der Waals surface area contributed by atoms with Gasteiger partial charge >= 0.3 is 0 Å². The Labute approximate surface area is 111 Å². The fraction of sp³-hybridized carbons (Fsp3) is 0.133. The smallest absolute Gasteiger partial charge is 0.148 e. The van der Waals surface area contributed by atoms with Crippen molar-refractivity contribution in [2.45, 2.75) is 6.92 Å². The Balaban J connectivity index is 2.30. The third-order valence-corrected chi connectivity index (χ3v) is 3.20. The number of methoxy groups -OCH3 is 1. The van der Waals surface area contributed by atoms with Gasteiger partial charge in [-0.3, -0.25) is 4.40 Å². The van der Waals surface area contributed by atoms with Gasteiger partial charge in [-0.1, -0.05) is 6.07 Å². The average Bonchev–Trinajstić information content (AvgIpc) is 2.76. The van der Waals surface area contributed by atoms with Crippen molar-refractivity contribution in [3.8, 4) is 17.1 Å². The van der Waals surface area contributed by atoms with Crippen molar-refractivity contribution in [1.29, 1.82) is 0 Å². The normalized spacial score (nSPS) is 10.8. The van der Waals surface area contributed by atoms with Crippen LogP contribution >= 0.6 is 0 Å². The van der Waals surface area contributed by atoms with Crippen LogP contribution in [0.1, 0.15) is 5.69 Å². The molecule has 0 atom stereocenters. The van der Waals surface area contributed by atoms with Crippen LogP contribution in [0.2, 0.25) is 0 Å². The molecule has 0 saturated carbocycles. The van der Waals surface area contributed by atoms with E-state index >= 15 is 0 Å². The van der Waals surface area contributed by atoms with E-state index in [9.17, 15) is 0 Å². The van der Waals surface area contributed by atoms with Crippen molar-refractivity contribution in [2.24, 2.45) is 0 Å². The maximum Gasteiger partial charge on any atom is 0.148 e. The summed E-state index contributed by atoms with van der Waals surface area (Å²) in [6, 6.07) is 11.7. The second-order valence-electron chi connectivity index (χ2n) is 4.44. The predicted molar refractivity (Wildman–Crippen MR) is 76.3 cm³/mol. The number of fused-ring (bicyclic) bond motifs is 1. The first kappa shape index (κ1) is 11.6. The Bertz CT molecular complexity index is 746. The van der Waals surface area contributed by atoms with E-state index in [4.69, 9.17) is 10.5 Å². The number of nitrogens with two attached hydrogens (primary N) is 1. The zero-order chi connectivity index (χ0) is 13.4. The Morgan fingerprint density at radius 2 is 2.05 bits per heavy atom. The fourth-order valence-corrected chi connectivity index (χ4v) is 2.28. The molecule has 96 valence electrons. The molecule has 0 aliphatic carbocycles. The SMILES string of the molecule is COc1cc(N)ccc1-c1nc(C)c2ccccn12. The lowest BCUT2D eigenvalue weighted by molar-refractivity contribution is 0.416. The molecule has 0 unspecified atom stereocenters. The molecule has 0 fully saturated rings. The first-order valence-corrected chi connectivity index (χ1v) is 6.08. The molecule has 4 heteroatoms. The van der Waals surface area contributed by atoms with Gasteiger partial charge in [-0.15, -0.1) is 0 Å². The molecular weight excluding hydrogens is 238 g/mol. The molecular formula is C15H15N3O. The van der Waals surface area contributed by atoms with E-state index < -0.39 is 0 Å². The van der Waals surface area contributed by atoms with E-state index in [-0.39, 0.29) is 0 Å². The van der Waals surface area contributed by atoms with Gasteiger partial charge in [0.1, 0.15) is 11.6 Å². The standard InChI is InChI=1S/C15H15N3O/c1-10-13-5-3-4-8-18(13)15(17-10)12-7-6-11(16)9-14(12)19-2/h3-9H,16H2,1-2H3. The number of hydrogen-bond donors (Lipinski definition) is 1. The van der Waals surface area contributed by atoms with Crippen LogP contribution in [-0.4, -0.2) is 16.5 Å². The molecule has 3 aromatic rings. The summed E-state index contributed by atoms with van der Waals surface area (Å²) in [4.78, 5) is 4.64. The topological polar surface area (TPSA) is 52.5 Å². The Hall–Kier alpha value is -2.49. The molecule has 0 saturated heterocycles. The van der Waals surface area contributed by atoms with Gasteiger partial charge in [0, 0.05) is 18.0 Å². The van der Waals surface area contributed by atoms with Crippen LogP contribution in [0.4, 0.5) is 5.69 Å². The maximum atomic E-state index is 5.79. The highest BCUT2D eigenvalue weighted by Gasteiger charge is 2.13. The molecule has 19 heavy (non-hydrogen) atoms. The molecule has 1 aromatic carbocycles. The molecule has 0 spiro atoms. The zero-order valence-electron chi connectivity index (χ0n) is 10.9. The van der Waals surface area contributed by atoms with Gasteiger partial charge in [0.05, 0.1) is 23.9 Å². The number of aryl methyl sites for hydroxylation is 1. The number of rotatable bonds is 2. The minimum atomic E-state index is 0.679. The second kappa shape index (κ2) is 4.31. The van der Waals surface area contributed by atoms with Crippen LogP contribution in [0.3, 0.4) is 0 Å². The number of aromatic nitrogens is 2. The lowest BCUT2D eigenvalue weighted by Gasteiger charge is -2.08. The summed E-state index contributed by atoms with van der Waals surface area (Å²) in [7, 11) is 1.64. The van der Waals surface area contributed by atoms with Crippen LogP contribution in [-0.2, 0) is 0 Å². The largest absolute Gasteiger partial charge is 0.496 e. The Morgan fingerprint density at radius 3 is 2.84 bits per heavy atom. The summed E-state index contributed by atoms with van der Waals surface area (Å²) < 4.78 is 7.46. The molecule has 0 radical (unpaired) electrons. The van der Waals surface area contributed by atoms with Crippen LogP contribution in [0.25, 0.3) is 16.9 Å². The van der Waals surface area contributed by atoms with Gasteiger partial charge in [0.25, 0.3) is 0 Å². The van der Waals surface area contributed by atoms with E-state index in [2.05, 4.69) is 15.5 Å². The predicted octanol–water partition coefficient (Wildman–Crippen LogP) is 2.90. The van der Waals surface area contributed by atoms with Crippen LogP contribution in [0, 0.1) is 6.92 Å². The van der Waals surface area contributed by atoms with E-state index in [0.29, 0.717) is 5.69 Å². The van der Waals surface area contributed by atoms with Crippen molar-refractivity contribution in [2.75, 3.05) is 12.8 Å². The monoisotopic (exact) mass is 253 g/mol. The molecule has 0 amide bonds. The lowest BCUT2D eigenvalue weighted by Crippen LogP contribution is -1.94. The Morgan fingerprint density at radius 1 is 1.21 bits per heavy atom. The van der Waals surface area contributed by atoms with Crippen molar-refractivity contribution in [1.82, 2.24) is 9.38 Å². The fourth-order valence-electron chi connectivity index (χ4n) is 2.28. The highest BCUT2D eigenvalue weighted by Crippen LogP contribution is 2.32. The molecule has 0 aliphatic rings. The Kier molecular flexibility index (Phi) is 2.63. The van der Waals surface area contributed by atoms with Crippen molar-refractivity contribution in [3.05, 3.63) is 48.3 Å². The molecule has 4 nitrogen and oxygen atoms in total. The third kappa shape index (κ3) is 1.81. The zero-order valence-corrected chi connectivity index (χ0v) is 10.9. The summed E-state index contributed by atoms with van der Waals surface area (Å²) in [6.45, 7) is 2.00. The van der Waals surface area contributed by atoms with Gasteiger partial charge in [0.15, 0.2) is 0 Å². The number of imidazole rings is 1. The van der Waals surface area contributed by atoms with Gasteiger partial charge in [-0.25, -0.2) is 4.98 Å². The highest BCUT2D eigenvalue weighted by molar-refractivity contribution is 5.72. The summed E-state index contributed by atoms with van der Waals surface area (Å²) in [5.41, 5.74) is 9.50. The van der Waals surface area contributed by atoms with Crippen molar-refractivity contribution >= 4 is 11.2 Å². The number of nitrogen functional groups attached to an aromatic ring is 1. The number of anilines is 1.